The van der Waals surface area contributed by atoms with Gasteiger partial charge in [-0.05, 0) is 47.9 Å². The molecular weight excluding hydrogens is 296 g/mol. The Hall–Kier alpha value is -2.65. The number of hydrogen-bond acceptors (Lipinski definition) is 2. The SMILES string of the molecule is Cc1cccc(NC(=O)CN[C@@H](C)c2cccc3ccccc23)c1. The number of benzene rings is 3. The molecule has 0 saturated heterocycles. The zero-order chi connectivity index (χ0) is 16.9. The zero-order valence-corrected chi connectivity index (χ0v) is 14.0. The van der Waals surface area contributed by atoms with Gasteiger partial charge in [-0.1, -0.05) is 54.6 Å². The topological polar surface area (TPSA) is 41.1 Å². The first kappa shape index (κ1) is 16.2. The highest BCUT2D eigenvalue weighted by atomic mass is 16.1. The normalized spacial score (nSPS) is 12.1. The molecular formula is C21H22N2O. The second-order valence-electron chi connectivity index (χ2n) is 6.09. The van der Waals surface area contributed by atoms with E-state index < -0.39 is 0 Å². The third-order valence-electron chi connectivity index (χ3n) is 4.16. The lowest BCUT2D eigenvalue weighted by Gasteiger charge is -2.16. The Bertz CT molecular complexity index is 852. The van der Waals surface area contributed by atoms with Crippen molar-refractivity contribution in [1.29, 1.82) is 0 Å². The molecule has 0 fully saturated rings. The van der Waals surface area contributed by atoms with Crippen LogP contribution in [0, 0.1) is 6.92 Å². The van der Waals surface area contributed by atoms with Gasteiger partial charge in [0.25, 0.3) is 0 Å². The van der Waals surface area contributed by atoms with Gasteiger partial charge in [-0.15, -0.1) is 0 Å². The van der Waals surface area contributed by atoms with Crippen LogP contribution in [0.1, 0.15) is 24.1 Å². The van der Waals surface area contributed by atoms with Crippen molar-refractivity contribution in [1.82, 2.24) is 5.32 Å². The molecule has 0 heterocycles. The van der Waals surface area contributed by atoms with Crippen LogP contribution in [0.15, 0.2) is 66.7 Å². The van der Waals surface area contributed by atoms with E-state index in [1.165, 1.54) is 16.3 Å². The minimum absolute atomic E-state index is 0.0345. The maximum atomic E-state index is 12.1. The van der Waals surface area contributed by atoms with E-state index in [0.717, 1.165) is 11.3 Å². The van der Waals surface area contributed by atoms with Crippen LogP contribution in [0.25, 0.3) is 10.8 Å². The van der Waals surface area contributed by atoms with E-state index in [1.54, 1.807) is 0 Å². The van der Waals surface area contributed by atoms with Crippen LogP contribution in [0.5, 0.6) is 0 Å². The Morgan fingerprint density at radius 2 is 1.75 bits per heavy atom. The molecule has 3 rings (SSSR count). The van der Waals surface area contributed by atoms with E-state index in [0.29, 0.717) is 0 Å². The molecule has 1 amide bonds. The second-order valence-corrected chi connectivity index (χ2v) is 6.09. The summed E-state index contributed by atoms with van der Waals surface area (Å²) in [4.78, 5) is 12.1. The third kappa shape index (κ3) is 3.81. The molecule has 0 aliphatic heterocycles. The number of anilines is 1. The molecule has 3 heteroatoms. The molecule has 0 unspecified atom stereocenters. The summed E-state index contributed by atoms with van der Waals surface area (Å²) in [5.74, 6) is -0.0345. The number of aryl methyl sites for hydroxylation is 1. The van der Waals surface area contributed by atoms with Crippen molar-refractivity contribution in [3.8, 4) is 0 Å². The molecule has 0 aliphatic carbocycles. The summed E-state index contributed by atoms with van der Waals surface area (Å²) in [6.45, 7) is 4.37. The molecule has 122 valence electrons. The first-order valence-corrected chi connectivity index (χ1v) is 8.21. The summed E-state index contributed by atoms with van der Waals surface area (Å²) in [7, 11) is 0. The molecule has 2 N–H and O–H groups in total. The predicted octanol–water partition coefficient (Wildman–Crippen LogP) is 4.44. The molecule has 24 heavy (non-hydrogen) atoms. The number of hydrogen-bond donors (Lipinski definition) is 2. The van der Waals surface area contributed by atoms with Gasteiger partial charge in [-0.3, -0.25) is 4.79 Å². The van der Waals surface area contributed by atoms with E-state index in [1.807, 2.05) is 43.3 Å². The van der Waals surface area contributed by atoms with Gasteiger partial charge in [0.1, 0.15) is 0 Å². The average Bonchev–Trinajstić information content (AvgIpc) is 2.59. The molecule has 0 aromatic heterocycles. The number of carbonyl (C=O) groups is 1. The van der Waals surface area contributed by atoms with Gasteiger partial charge < -0.3 is 10.6 Å². The van der Waals surface area contributed by atoms with Gasteiger partial charge in [0.05, 0.1) is 6.54 Å². The highest BCUT2D eigenvalue weighted by Gasteiger charge is 2.10. The number of fused-ring (bicyclic) bond motifs is 1. The van der Waals surface area contributed by atoms with E-state index >= 15 is 0 Å². The lowest BCUT2D eigenvalue weighted by molar-refractivity contribution is -0.115. The van der Waals surface area contributed by atoms with Gasteiger partial charge in [0.2, 0.25) is 5.91 Å². The summed E-state index contributed by atoms with van der Waals surface area (Å²) < 4.78 is 0. The summed E-state index contributed by atoms with van der Waals surface area (Å²) in [5, 5.41) is 8.68. The Morgan fingerprint density at radius 3 is 2.58 bits per heavy atom. The zero-order valence-electron chi connectivity index (χ0n) is 14.0. The molecule has 0 aliphatic rings. The maximum absolute atomic E-state index is 12.1. The predicted molar refractivity (Wildman–Crippen MR) is 100 cm³/mol. The fourth-order valence-corrected chi connectivity index (χ4v) is 2.91. The average molecular weight is 318 g/mol. The quantitative estimate of drug-likeness (QED) is 0.730. The molecule has 3 aromatic carbocycles. The molecule has 0 saturated carbocycles. The smallest absolute Gasteiger partial charge is 0.238 e. The standard InChI is InChI=1S/C21H22N2O/c1-15-7-5-10-18(13-15)23-21(24)14-22-16(2)19-12-6-9-17-8-3-4-11-20(17)19/h3-13,16,22H,14H2,1-2H3,(H,23,24)/t16-/m0/s1. The van der Waals surface area contributed by atoms with Crippen LogP contribution in [-0.4, -0.2) is 12.5 Å². The molecule has 3 aromatic rings. The molecule has 0 radical (unpaired) electrons. The van der Waals surface area contributed by atoms with E-state index in [9.17, 15) is 4.79 Å². The van der Waals surface area contributed by atoms with E-state index in [2.05, 4.69) is 47.9 Å². The summed E-state index contributed by atoms with van der Waals surface area (Å²) in [6, 6.07) is 22.5. The number of nitrogens with one attached hydrogen (secondary N) is 2. The van der Waals surface area contributed by atoms with Gasteiger partial charge in [0, 0.05) is 11.7 Å². The summed E-state index contributed by atoms with van der Waals surface area (Å²) >= 11 is 0. The lowest BCUT2D eigenvalue weighted by atomic mass is 10.00. The summed E-state index contributed by atoms with van der Waals surface area (Å²) in [5.41, 5.74) is 3.17. The van der Waals surface area contributed by atoms with Crippen molar-refractivity contribution in [3.05, 3.63) is 77.9 Å². The van der Waals surface area contributed by atoms with E-state index in [-0.39, 0.29) is 18.5 Å². The van der Waals surface area contributed by atoms with Gasteiger partial charge in [0.15, 0.2) is 0 Å². The Labute approximate surface area is 142 Å². The fourth-order valence-electron chi connectivity index (χ4n) is 2.91. The minimum atomic E-state index is -0.0345. The van der Waals surface area contributed by atoms with Gasteiger partial charge in [-0.25, -0.2) is 0 Å². The number of rotatable bonds is 5. The van der Waals surface area contributed by atoms with Crippen LogP contribution in [0.3, 0.4) is 0 Å². The van der Waals surface area contributed by atoms with Crippen LogP contribution < -0.4 is 10.6 Å². The molecule has 0 bridgehead atoms. The first-order valence-electron chi connectivity index (χ1n) is 8.21. The van der Waals surface area contributed by atoms with Crippen molar-refractivity contribution in [3.63, 3.8) is 0 Å². The first-order chi connectivity index (χ1) is 11.6. The van der Waals surface area contributed by atoms with Crippen molar-refractivity contribution in [2.45, 2.75) is 19.9 Å². The van der Waals surface area contributed by atoms with E-state index in [4.69, 9.17) is 0 Å². The summed E-state index contributed by atoms with van der Waals surface area (Å²) in [6.07, 6.45) is 0. The van der Waals surface area contributed by atoms with Crippen molar-refractivity contribution < 1.29 is 4.79 Å². The third-order valence-corrected chi connectivity index (χ3v) is 4.16. The molecule has 1 atom stereocenters. The molecule has 0 spiro atoms. The molecule has 3 nitrogen and oxygen atoms in total. The van der Waals surface area contributed by atoms with Crippen LogP contribution in [0.2, 0.25) is 0 Å². The highest BCUT2D eigenvalue weighted by molar-refractivity contribution is 5.92. The maximum Gasteiger partial charge on any atom is 0.238 e. The largest absolute Gasteiger partial charge is 0.325 e. The van der Waals surface area contributed by atoms with Crippen LogP contribution in [0.4, 0.5) is 5.69 Å². The number of carbonyl (C=O) groups excluding carboxylic acids is 1. The monoisotopic (exact) mass is 318 g/mol. The van der Waals surface area contributed by atoms with Gasteiger partial charge in [-0.2, -0.15) is 0 Å². The lowest BCUT2D eigenvalue weighted by Crippen LogP contribution is -2.30. The van der Waals surface area contributed by atoms with Crippen molar-refractivity contribution in [2.75, 3.05) is 11.9 Å². The second kappa shape index (κ2) is 7.28. The Balaban J connectivity index is 1.64. The fraction of sp³-hybridized carbons (Fsp3) is 0.190. The Kier molecular flexibility index (Phi) is 4.92. The number of amides is 1. The Morgan fingerprint density at radius 1 is 1.00 bits per heavy atom. The van der Waals surface area contributed by atoms with Gasteiger partial charge >= 0.3 is 0 Å². The van der Waals surface area contributed by atoms with Crippen LogP contribution in [-0.2, 0) is 4.79 Å². The van der Waals surface area contributed by atoms with Crippen molar-refractivity contribution in [2.24, 2.45) is 0 Å². The van der Waals surface area contributed by atoms with Crippen molar-refractivity contribution >= 4 is 22.4 Å². The highest BCUT2D eigenvalue weighted by Crippen LogP contribution is 2.23. The van der Waals surface area contributed by atoms with Crippen LogP contribution >= 0.6 is 0 Å². The minimum Gasteiger partial charge on any atom is -0.325 e.